The molecule has 1 unspecified atom stereocenters. The lowest BCUT2D eigenvalue weighted by Crippen LogP contribution is -2.42. The first-order valence-electron chi connectivity index (χ1n) is 7.14. The molecular formula is C15H25N3O2. The van der Waals surface area contributed by atoms with Crippen molar-refractivity contribution in [2.45, 2.75) is 6.10 Å². The van der Waals surface area contributed by atoms with Crippen LogP contribution < -0.4 is 10.2 Å². The number of rotatable bonds is 6. The Kier molecular flexibility index (Phi) is 5.64. The predicted molar refractivity (Wildman–Crippen MR) is 82.5 cm³/mol. The third-order valence-electron chi connectivity index (χ3n) is 3.50. The smallest absolute Gasteiger partial charge is 0.0839 e. The molecule has 112 valence electrons. The molecule has 1 saturated heterocycles. The van der Waals surface area contributed by atoms with Crippen molar-refractivity contribution in [1.82, 2.24) is 4.90 Å². The minimum absolute atomic E-state index is 0.360. The molecule has 5 nitrogen and oxygen atoms in total. The molecule has 2 N–H and O–H groups in total. The second-order valence-electron chi connectivity index (χ2n) is 5.39. The van der Waals surface area contributed by atoms with E-state index in [1.165, 1.54) is 5.69 Å². The summed E-state index contributed by atoms with van der Waals surface area (Å²) in [6.07, 6.45) is -0.360. The van der Waals surface area contributed by atoms with Crippen LogP contribution in [0.5, 0.6) is 0 Å². The van der Waals surface area contributed by atoms with E-state index in [4.69, 9.17) is 4.74 Å². The highest BCUT2D eigenvalue weighted by Crippen LogP contribution is 2.15. The van der Waals surface area contributed by atoms with Crippen molar-refractivity contribution in [3.05, 3.63) is 24.3 Å². The number of nitrogens with one attached hydrogen (secondary N) is 1. The Balaban J connectivity index is 1.73. The molecule has 0 aromatic heterocycles. The number of aliphatic hydroxyl groups excluding tert-OH is 1. The van der Waals surface area contributed by atoms with Gasteiger partial charge in [-0.15, -0.1) is 0 Å². The van der Waals surface area contributed by atoms with Gasteiger partial charge >= 0.3 is 0 Å². The van der Waals surface area contributed by atoms with Crippen molar-refractivity contribution in [1.29, 1.82) is 0 Å². The largest absolute Gasteiger partial charge is 0.390 e. The molecule has 1 atom stereocenters. The van der Waals surface area contributed by atoms with Crippen molar-refractivity contribution < 1.29 is 9.84 Å². The van der Waals surface area contributed by atoms with Gasteiger partial charge in [0.2, 0.25) is 0 Å². The fourth-order valence-electron chi connectivity index (χ4n) is 2.26. The Morgan fingerprint density at radius 1 is 1.25 bits per heavy atom. The molecule has 1 aliphatic rings. The van der Waals surface area contributed by atoms with Gasteiger partial charge in [0, 0.05) is 51.6 Å². The average Bonchev–Trinajstić information content (AvgIpc) is 2.46. The van der Waals surface area contributed by atoms with Crippen LogP contribution in [0.4, 0.5) is 11.4 Å². The number of morpholine rings is 1. The number of ether oxygens (including phenoxy) is 1. The summed E-state index contributed by atoms with van der Waals surface area (Å²) in [5, 5.41) is 13.3. The van der Waals surface area contributed by atoms with Gasteiger partial charge in [0.15, 0.2) is 0 Å². The van der Waals surface area contributed by atoms with Crippen molar-refractivity contribution >= 4 is 11.4 Å². The van der Waals surface area contributed by atoms with E-state index in [2.05, 4.69) is 27.2 Å². The zero-order valence-corrected chi connectivity index (χ0v) is 12.4. The maximum absolute atomic E-state index is 10.1. The van der Waals surface area contributed by atoms with Crippen LogP contribution in [0.2, 0.25) is 0 Å². The molecule has 1 fully saturated rings. The lowest BCUT2D eigenvalue weighted by atomic mass is 10.2. The maximum atomic E-state index is 10.1. The SMILES string of the molecule is CN(C)c1ccc(NCC(O)CN2CCOCC2)cc1. The zero-order chi connectivity index (χ0) is 14.4. The summed E-state index contributed by atoms with van der Waals surface area (Å²) < 4.78 is 5.30. The molecule has 1 heterocycles. The minimum atomic E-state index is -0.360. The Labute approximate surface area is 121 Å². The van der Waals surface area contributed by atoms with Crippen LogP contribution >= 0.6 is 0 Å². The Bertz CT molecular complexity index is 389. The fourth-order valence-corrected chi connectivity index (χ4v) is 2.26. The number of nitrogens with zero attached hydrogens (tertiary/aromatic N) is 2. The maximum Gasteiger partial charge on any atom is 0.0839 e. The highest BCUT2D eigenvalue weighted by molar-refractivity contribution is 5.54. The highest BCUT2D eigenvalue weighted by atomic mass is 16.5. The van der Waals surface area contributed by atoms with Gasteiger partial charge in [-0.25, -0.2) is 0 Å². The van der Waals surface area contributed by atoms with Crippen molar-refractivity contribution in [2.24, 2.45) is 0 Å². The van der Waals surface area contributed by atoms with E-state index >= 15 is 0 Å². The van der Waals surface area contributed by atoms with E-state index in [0.717, 1.165) is 32.0 Å². The second kappa shape index (κ2) is 7.47. The molecule has 1 aromatic rings. The standard InChI is InChI=1S/C15H25N3O2/c1-17(2)14-5-3-13(4-6-14)16-11-15(19)12-18-7-9-20-10-8-18/h3-6,15-16,19H,7-12H2,1-2H3. The van der Waals surface area contributed by atoms with Crippen molar-refractivity contribution in [2.75, 3.05) is 63.7 Å². The summed E-state index contributed by atoms with van der Waals surface area (Å²) in [5.74, 6) is 0. The molecule has 0 radical (unpaired) electrons. The van der Waals surface area contributed by atoms with Gasteiger partial charge in [-0.3, -0.25) is 4.90 Å². The van der Waals surface area contributed by atoms with Gasteiger partial charge in [0.05, 0.1) is 19.3 Å². The Morgan fingerprint density at radius 2 is 1.90 bits per heavy atom. The van der Waals surface area contributed by atoms with E-state index < -0.39 is 0 Å². The molecule has 2 rings (SSSR count). The summed E-state index contributed by atoms with van der Waals surface area (Å²) in [6.45, 7) is 4.63. The first-order valence-corrected chi connectivity index (χ1v) is 7.14. The third-order valence-corrected chi connectivity index (χ3v) is 3.50. The summed E-state index contributed by atoms with van der Waals surface area (Å²) in [5.41, 5.74) is 2.21. The van der Waals surface area contributed by atoms with E-state index in [1.54, 1.807) is 0 Å². The number of hydrogen-bond acceptors (Lipinski definition) is 5. The zero-order valence-electron chi connectivity index (χ0n) is 12.4. The van der Waals surface area contributed by atoms with Crippen LogP contribution in [-0.2, 0) is 4.74 Å². The highest BCUT2D eigenvalue weighted by Gasteiger charge is 2.14. The molecule has 5 heteroatoms. The van der Waals surface area contributed by atoms with E-state index in [-0.39, 0.29) is 6.10 Å². The summed E-state index contributed by atoms with van der Waals surface area (Å²) in [7, 11) is 4.04. The lowest BCUT2D eigenvalue weighted by Gasteiger charge is -2.28. The topological polar surface area (TPSA) is 48.0 Å². The van der Waals surface area contributed by atoms with Crippen molar-refractivity contribution in [3.63, 3.8) is 0 Å². The normalized spacial score (nSPS) is 17.8. The van der Waals surface area contributed by atoms with Gasteiger partial charge in [-0.05, 0) is 24.3 Å². The molecular weight excluding hydrogens is 254 g/mol. The third kappa shape index (κ3) is 4.67. The molecule has 0 amide bonds. The molecule has 20 heavy (non-hydrogen) atoms. The predicted octanol–water partition coefficient (Wildman–Crippen LogP) is 0.858. The Hall–Kier alpha value is -1.30. The quantitative estimate of drug-likeness (QED) is 0.809. The summed E-state index contributed by atoms with van der Waals surface area (Å²) in [6, 6.07) is 8.21. The summed E-state index contributed by atoms with van der Waals surface area (Å²) >= 11 is 0. The van der Waals surface area contributed by atoms with E-state index in [9.17, 15) is 5.11 Å². The van der Waals surface area contributed by atoms with Crippen LogP contribution in [0.3, 0.4) is 0 Å². The number of anilines is 2. The van der Waals surface area contributed by atoms with E-state index in [0.29, 0.717) is 13.1 Å². The summed E-state index contributed by atoms with van der Waals surface area (Å²) in [4.78, 5) is 4.31. The molecule has 0 saturated carbocycles. The lowest BCUT2D eigenvalue weighted by molar-refractivity contribution is 0.0171. The van der Waals surface area contributed by atoms with Gasteiger partial charge in [-0.2, -0.15) is 0 Å². The fraction of sp³-hybridized carbons (Fsp3) is 0.600. The number of aliphatic hydroxyl groups is 1. The van der Waals surface area contributed by atoms with Gasteiger partial charge in [0.25, 0.3) is 0 Å². The molecule has 0 bridgehead atoms. The van der Waals surface area contributed by atoms with Crippen LogP contribution in [-0.4, -0.2) is 69.6 Å². The van der Waals surface area contributed by atoms with Crippen LogP contribution in [0.1, 0.15) is 0 Å². The average molecular weight is 279 g/mol. The first kappa shape index (κ1) is 15.1. The molecule has 0 aliphatic carbocycles. The van der Waals surface area contributed by atoms with Crippen LogP contribution in [0.15, 0.2) is 24.3 Å². The van der Waals surface area contributed by atoms with Gasteiger partial charge < -0.3 is 20.1 Å². The minimum Gasteiger partial charge on any atom is -0.390 e. The molecule has 0 spiro atoms. The number of hydrogen-bond donors (Lipinski definition) is 2. The van der Waals surface area contributed by atoms with Gasteiger partial charge in [0.1, 0.15) is 0 Å². The van der Waals surface area contributed by atoms with Crippen molar-refractivity contribution in [3.8, 4) is 0 Å². The van der Waals surface area contributed by atoms with Gasteiger partial charge in [-0.1, -0.05) is 0 Å². The monoisotopic (exact) mass is 279 g/mol. The molecule has 1 aliphatic heterocycles. The molecule has 1 aromatic carbocycles. The Morgan fingerprint density at radius 3 is 2.50 bits per heavy atom. The van der Waals surface area contributed by atoms with Crippen LogP contribution in [0, 0.1) is 0 Å². The second-order valence-corrected chi connectivity index (χ2v) is 5.39. The number of benzene rings is 1. The first-order chi connectivity index (χ1) is 9.65. The van der Waals surface area contributed by atoms with Crippen LogP contribution in [0.25, 0.3) is 0 Å². The van der Waals surface area contributed by atoms with E-state index in [1.807, 2.05) is 26.2 Å². The number of β-amino-alcohol motifs (C(OH)–C–C–N with tert-alkyl or cyclic N) is 1.